The van der Waals surface area contributed by atoms with E-state index in [4.69, 9.17) is 0 Å². The van der Waals surface area contributed by atoms with Crippen molar-refractivity contribution < 1.29 is 75.5 Å². The fraction of sp³-hybridized carbons (Fsp3) is 0.478. The molecule has 0 saturated carbocycles. The Bertz CT molecular complexity index is 987. The Labute approximate surface area is 303 Å². The number of rotatable bonds is 3. The van der Waals surface area contributed by atoms with Gasteiger partial charge in [0.15, 0.2) is 0 Å². The molecule has 4 rings (SSSR count). The van der Waals surface area contributed by atoms with E-state index in [1.165, 1.54) is 30.5 Å². The summed E-state index contributed by atoms with van der Waals surface area (Å²) in [6.45, 7) is 8.76. The van der Waals surface area contributed by atoms with Gasteiger partial charge in [-0.3, -0.25) is 0 Å². The van der Waals surface area contributed by atoms with Crippen LogP contribution < -0.4 is 0 Å². The number of thiol groups is 1. The molecule has 0 spiro atoms. The normalized spacial score (nSPS) is 9.51. The number of H-pyrrole nitrogens is 2. The minimum absolute atomic E-state index is 0. The fourth-order valence-electron chi connectivity index (χ4n) is 1.83. The first kappa shape index (κ1) is 43.7. The second kappa shape index (κ2) is 28.7. The summed E-state index contributed by atoms with van der Waals surface area (Å²) in [5.41, 5.74) is 1.77. The molecule has 4 heterocycles. The Morgan fingerprint density at radius 1 is 0.943 bits per heavy atom. The fourth-order valence-corrected chi connectivity index (χ4v) is 2.79. The van der Waals surface area contributed by atoms with E-state index in [0.29, 0.717) is 0 Å². The molecule has 0 fully saturated rings. The van der Waals surface area contributed by atoms with E-state index in [1.54, 1.807) is 30.5 Å². The Morgan fingerprint density at radius 2 is 1.37 bits per heavy atom. The molecule has 2 N–H and O–H groups in total. The van der Waals surface area contributed by atoms with Crippen LogP contribution in [0.15, 0.2) is 46.8 Å². The number of hydrogen-bond donors (Lipinski definition) is 3. The summed E-state index contributed by atoms with van der Waals surface area (Å²) in [6, 6.07) is 0. The van der Waals surface area contributed by atoms with E-state index in [-0.39, 0.29) is 82.9 Å². The third-order valence-electron chi connectivity index (χ3n) is 3.91. The van der Waals surface area contributed by atoms with Crippen LogP contribution in [0.5, 0.6) is 0 Å². The number of aromatic nitrogens is 6. The smallest absolute Gasteiger partial charge is 0.141 e. The molecule has 0 amide bonds. The van der Waals surface area contributed by atoms with Crippen LogP contribution in [0.25, 0.3) is 22.1 Å². The van der Waals surface area contributed by atoms with Gasteiger partial charge in [-0.2, -0.15) is 12.6 Å². The Kier molecular flexibility index (Phi) is 35.8. The standard InChI is InChI=1S/C7H7N3S.C6H4BrN3.C4H9I.C4H10.CH4S.CH4.2Ar/c1-11-6-3-9-7-5(6)2-8-4-10-7;7-5-2-9-6-4(5)1-8-3-10-6;1-3-4(2)5;1-3-4-2;1-2;;;/h2-4H,1H3,(H,8,9,10);1-3H,(H,8,9,10);4H,3H2,1-2H3;3-4H2,1-2H3;2H,1H3;1H4;;. The van der Waals surface area contributed by atoms with Crippen LogP contribution in [0.2, 0.25) is 0 Å². The molecule has 35 heavy (non-hydrogen) atoms. The Hall–Kier alpha value is 1.67. The predicted molar refractivity (Wildman–Crippen MR) is 163 cm³/mol. The molecule has 1 atom stereocenters. The second-order valence-corrected chi connectivity index (χ2v) is 10.1. The van der Waals surface area contributed by atoms with Crippen LogP contribution in [0.1, 0.15) is 54.4 Å². The first-order valence-electron chi connectivity index (χ1n) is 10.3. The molecule has 6 nitrogen and oxygen atoms in total. The number of unbranched alkanes of at least 4 members (excludes halogenated alkanes) is 1. The summed E-state index contributed by atoms with van der Waals surface area (Å²) in [7, 11) is 0. The average Bonchev–Trinajstić information content (AvgIpc) is 3.45. The third-order valence-corrected chi connectivity index (χ3v) is 6.22. The minimum Gasteiger partial charge on any atom is -0.345 e. The first-order valence-corrected chi connectivity index (χ1v) is 14.5. The van der Waals surface area contributed by atoms with Crippen LogP contribution in [-0.4, -0.2) is 46.3 Å². The number of nitrogens with one attached hydrogen (secondary N) is 2. The maximum absolute atomic E-state index is 4.07. The second-order valence-electron chi connectivity index (χ2n) is 6.25. The summed E-state index contributed by atoms with van der Waals surface area (Å²) in [5, 5.41) is 2.11. The number of alkyl halides is 1. The maximum atomic E-state index is 4.07. The van der Waals surface area contributed by atoms with Gasteiger partial charge in [-0.05, 0) is 34.9 Å². The Morgan fingerprint density at radius 3 is 1.77 bits per heavy atom. The molecule has 0 saturated heterocycles. The van der Waals surface area contributed by atoms with Gasteiger partial charge in [-0.25, -0.2) is 19.9 Å². The van der Waals surface area contributed by atoms with Gasteiger partial charge in [-0.15, -0.1) is 11.8 Å². The summed E-state index contributed by atoms with van der Waals surface area (Å²) >= 11 is 11.0. The van der Waals surface area contributed by atoms with Crippen molar-refractivity contribution >= 4 is 85.0 Å². The first-order chi connectivity index (χ1) is 15.5. The van der Waals surface area contributed by atoms with E-state index < -0.39 is 0 Å². The molecule has 0 radical (unpaired) electrons. The van der Waals surface area contributed by atoms with Crippen LogP contribution in [0.3, 0.4) is 0 Å². The average molecular weight is 749 g/mol. The zero-order chi connectivity index (χ0) is 24.4. The molecule has 0 bridgehead atoms. The molecule has 0 aromatic carbocycles. The molecular weight excluding hydrogens is 711 g/mol. The SMILES string of the molecule is Brc1c[nH]c2ncncc12.C.CCC(C)I.CCCC.CS.CSc1c[nH]c2ncncc12.[Ar].[Ar]. The van der Waals surface area contributed by atoms with Gasteiger partial charge in [0.2, 0.25) is 0 Å². The molecule has 0 aliphatic rings. The summed E-state index contributed by atoms with van der Waals surface area (Å²) in [5.74, 6) is 0. The van der Waals surface area contributed by atoms with Crippen molar-refractivity contribution in [3.63, 3.8) is 0 Å². The van der Waals surface area contributed by atoms with Crippen molar-refractivity contribution in [3.05, 3.63) is 41.9 Å². The van der Waals surface area contributed by atoms with Crippen LogP contribution in [-0.2, 0) is 0 Å². The van der Waals surface area contributed by atoms with Gasteiger partial charge in [-0.1, -0.05) is 70.6 Å². The molecule has 202 valence electrons. The Balaban J connectivity index is -0.000000186. The predicted octanol–water partition coefficient (Wildman–Crippen LogP) is 8.61. The van der Waals surface area contributed by atoms with E-state index in [1.807, 2.05) is 24.8 Å². The number of nitrogens with zero attached hydrogens (tertiary/aromatic N) is 4. The summed E-state index contributed by atoms with van der Waals surface area (Å²) in [4.78, 5) is 23.2. The number of fused-ring (bicyclic) bond motifs is 2. The van der Waals surface area contributed by atoms with Crippen LogP contribution >= 0.6 is 62.9 Å². The van der Waals surface area contributed by atoms with E-state index in [2.05, 4.69) is 109 Å². The largest absolute Gasteiger partial charge is 0.345 e. The van der Waals surface area contributed by atoms with E-state index in [9.17, 15) is 0 Å². The van der Waals surface area contributed by atoms with Crippen molar-refractivity contribution in [2.24, 2.45) is 0 Å². The summed E-state index contributed by atoms with van der Waals surface area (Å²) in [6.07, 6.45) is 18.1. The van der Waals surface area contributed by atoms with Crippen molar-refractivity contribution in [1.82, 2.24) is 29.9 Å². The van der Waals surface area contributed by atoms with Gasteiger partial charge in [0, 0.05) is 114 Å². The van der Waals surface area contributed by atoms with Gasteiger partial charge in [0.1, 0.15) is 23.9 Å². The number of hydrogen-bond acceptors (Lipinski definition) is 6. The quantitative estimate of drug-likeness (QED) is 0.0847. The van der Waals surface area contributed by atoms with Crippen LogP contribution in [0.4, 0.5) is 0 Å². The minimum atomic E-state index is 0. The van der Waals surface area contributed by atoms with Gasteiger partial charge >= 0.3 is 0 Å². The topological polar surface area (TPSA) is 83.1 Å². The van der Waals surface area contributed by atoms with Gasteiger partial charge in [0.25, 0.3) is 0 Å². The maximum Gasteiger partial charge on any atom is 0.141 e. The van der Waals surface area contributed by atoms with Crippen molar-refractivity contribution in [3.8, 4) is 0 Å². The van der Waals surface area contributed by atoms with Crippen molar-refractivity contribution in [2.75, 3.05) is 12.5 Å². The molecule has 4 aromatic rings. The number of halogens is 2. The molecule has 0 aliphatic carbocycles. The van der Waals surface area contributed by atoms with Gasteiger partial charge < -0.3 is 9.97 Å². The monoisotopic (exact) mass is 748 g/mol. The molecule has 12 heteroatoms. The molecule has 0 aliphatic heterocycles. The van der Waals surface area contributed by atoms with E-state index in [0.717, 1.165) is 30.5 Å². The zero-order valence-electron chi connectivity index (χ0n) is 20.3. The van der Waals surface area contributed by atoms with Crippen molar-refractivity contribution in [2.45, 2.75) is 63.2 Å². The third kappa shape index (κ3) is 18.6. The van der Waals surface area contributed by atoms with Crippen molar-refractivity contribution in [1.29, 1.82) is 0 Å². The number of thioether (sulfide) groups is 1. The van der Waals surface area contributed by atoms with E-state index >= 15 is 0 Å². The van der Waals surface area contributed by atoms with Gasteiger partial charge in [0.05, 0.1) is 10.8 Å². The summed E-state index contributed by atoms with van der Waals surface area (Å²) < 4.78 is 1.86. The molecular formula is C23H38Ar2BrIN6S2. The zero-order valence-corrected chi connectivity index (χ0v) is 27.1. The number of aromatic amines is 2. The molecule has 4 aromatic heterocycles. The molecule has 1 unspecified atom stereocenters. The van der Waals surface area contributed by atoms with Crippen LogP contribution in [0, 0.1) is 75.5 Å².